The number of esters is 1. The van der Waals surface area contributed by atoms with Gasteiger partial charge in [-0.15, -0.1) is 0 Å². The van der Waals surface area contributed by atoms with E-state index in [0.29, 0.717) is 37.2 Å². The summed E-state index contributed by atoms with van der Waals surface area (Å²) in [6.07, 6.45) is 1.37. The molecular formula is C25H27N3O5. The third-order valence-electron chi connectivity index (χ3n) is 6.14. The van der Waals surface area contributed by atoms with Gasteiger partial charge >= 0.3 is 5.97 Å². The van der Waals surface area contributed by atoms with E-state index < -0.39 is 12.0 Å². The van der Waals surface area contributed by atoms with Crippen LogP contribution in [0, 0.1) is 5.92 Å². The number of ether oxygens (including phenoxy) is 1. The lowest BCUT2D eigenvalue weighted by Gasteiger charge is -2.34. The van der Waals surface area contributed by atoms with Gasteiger partial charge in [0.15, 0.2) is 0 Å². The van der Waals surface area contributed by atoms with E-state index >= 15 is 0 Å². The van der Waals surface area contributed by atoms with Crippen LogP contribution in [0.15, 0.2) is 54.6 Å². The summed E-state index contributed by atoms with van der Waals surface area (Å²) >= 11 is 0. The van der Waals surface area contributed by atoms with Gasteiger partial charge in [0.25, 0.3) is 5.91 Å². The molecule has 172 valence electrons. The zero-order chi connectivity index (χ0) is 23.4. The number of likely N-dealkylation sites (tertiary alicyclic amines) is 1. The van der Waals surface area contributed by atoms with Gasteiger partial charge in [-0.2, -0.15) is 0 Å². The van der Waals surface area contributed by atoms with Crippen LogP contribution in [0.5, 0.6) is 0 Å². The van der Waals surface area contributed by atoms with Gasteiger partial charge in [0.05, 0.1) is 30.3 Å². The first-order valence-electron chi connectivity index (χ1n) is 11.2. The predicted octanol–water partition coefficient (Wildman–Crippen LogP) is 2.85. The minimum absolute atomic E-state index is 0.0157. The smallest absolute Gasteiger partial charge is 0.338 e. The highest BCUT2D eigenvalue weighted by Crippen LogP contribution is 2.29. The third-order valence-corrected chi connectivity index (χ3v) is 6.14. The van der Waals surface area contributed by atoms with Crippen LogP contribution in [0.25, 0.3) is 0 Å². The largest absolute Gasteiger partial charge is 0.462 e. The molecule has 2 heterocycles. The van der Waals surface area contributed by atoms with Crippen molar-refractivity contribution in [3.05, 3.63) is 60.2 Å². The summed E-state index contributed by atoms with van der Waals surface area (Å²) in [5.41, 5.74) is 1.58. The van der Waals surface area contributed by atoms with E-state index in [9.17, 15) is 19.2 Å². The highest BCUT2D eigenvalue weighted by atomic mass is 16.5. The molecule has 4 rings (SSSR count). The van der Waals surface area contributed by atoms with E-state index in [1.165, 1.54) is 4.90 Å². The maximum Gasteiger partial charge on any atom is 0.338 e. The van der Waals surface area contributed by atoms with E-state index in [1.54, 1.807) is 31.2 Å². The SMILES string of the molecule is CCOC(=O)c1ccc(N2C(=O)CC(N3CCC(C(=O)Nc4ccccc4)CC3)C2=O)cc1. The van der Waals surface area contributed by atoms with Gasteiger partial charge in [-0.25, -0.2) is 9.69 Å². The standard InChI is InChI=1S/C25H27N3O5/c1-2-33-25(32)18-8-10-20(11-9-18)28-22(29)16-21(24(28)31)27-14-12-17(13-15-27)23(30)26-19-6-4-3-5-7-19/h3-11,17,21H,2,12-16H2,1H3,(H,26,30). The number of amides is 3. The highest BCUT2D eigenvalue weighted by Gasteiger charge is 2.43. The number of carbonyl (C=O) groups is 4. The zero-order valence-electron chi connectivity index (χ0n) is 18.5. The van der Waals surface area contributed by atoms with Crippen LogP contribution in [-0.4, -0.2) is 54.3 Å². The maximum absolute atomic E-state index is 13.1. The second-order valence-corrected chi connectivity index (χ2v) is 8.22. The first-order valence-corrected chi connectivity index (χ1v) is 11.2. The lowest BCUT2D eigenvalue weighted by Crippen LogP contribution is -2.47. The van der Waals surface area contributed by atoms with Gasteiger partial charge < -0.3 is 10.1 Å². The average molecular weight is 450 g/mol. The average Bonchev–Trinajstić information content (AvgIpc) is 3.13. The number of imide groups is 1. The summed E-state index contributed by atoms with van der Waals surface area (Å²) in [4.78, 5) is 53.3. The number of para-hydroxylation sites is 1. The highest BCUT2D eigenvalue weighted by molar-refractivity contribution is 6.22. The molecule has 2 aliphatic rings. The molecule has 8 heteroatoms. The van der Waals surface area contributed by atoms with E-state index in [4.69, 9.17) is 4.74 Å². The van der Waals surface area contributed by atoms with Gasteiger partial charge in [0.2, 0.25) is 11.8 Å². The van der Waals surface area contributed by atoms with Gasteiger partial charge in [-0.1, -0.05) is 18.2 Å². The Morgan fingerprint density at radius 2 is 1.67 bits per heavy atom. The third kappa shape index (κ3) is 4.96. The summed E-state index contributed by atoms with van der Waals surface area (Å²) < 4.78 is 4.97. The number of nitrogens with one attached hydrogen (secondary N) is 1. The molecule has 1 unspecified atom stereocenters. The molecule has 0 aliphatic carbocycles. The number of piperidine rings is 1. The topological polar surface area (TPSA) is 96.0 Å². The van der Waals surface area contributed by atoms with Gasteiger partial charge in [-0.05, 0) is 69.3 Å². The monoisotopic (exact) mass is 449 g/mol. The molecule has 2 aromatic rings. The molecule has 0 radical (unpaired) electrons. The molecule has 2 saturated heterocycles. The Balaban J connectivity index is 1.35. The van der Waals surface area contributed by atoms with E-state index in [1.807, 2.05) is 35.2 Å². The Labute approximate surface area is 192 Å². The van der Waals surface area contributed by atoms with Crippen molar-refractivity contribution in [2.24, 2.45) is 5.92 Å². The van der Waals surface area contributed by atoms with Gasteiger partial charge in [0.1, 0.15) is 0 Å². The van der Waals surface area contributed by atoms with Crippen molar-refractivity contribution in [3.63, 3.8) is 0 Å². The Kier molecular flexibility index (Phi) is 6.84. The number of rotatable bonds is 6. The number of nitrogens with zero attached hydrogens (tertiary/aromatic N) is 2. The minimum atomic E-state index is -0.527. The lowest BCUT2D eigenvalue weighted by atomic mass is 9.94. The Morgan fingerprint density at radius 3 is 2.30 bits per heavy atom. The fourth-order valence-electron chi connectivity index (χ4n) is 4.37. The van der Waals surface area contributed by atoms with Crippen molar-refractivity contribution in [3.8, 4) is 0 Å². The molecule has 0 aromatic heterocycles. The van der Waals surface area contributed by atoms with E-state index in [2.05, 4.69) is 5.32 Å². The molecule has 0 saturated carbocycles. The second-order valence-electron chi connectivity index (χ2n) is 8.22. The van der Waals surface area contributed by atoms with Crippen molar-refractivity contribution in [1.29, 1.82) is 0 Å². The van der Waals surface area contributed by atoms with Crippen LogP contribution in [0.3, 0.4) is 0 Å². The molecule has 8 nitrogen and oxygen atoms in total. The van der Waals surface area contributed by atoms with Crippen molar-refractivity contribution in [2.45, 2.75) is 32.2 Å². The quantitative estimate of drug-likeness (QED) is 0.538. The summed E-state index contributed by atoms with van der Waals surface area (Å²) in [6, 6.07) is 15.1. The van der Waals surface area contributed by atoms with E-state index in [-0.39, 0.29) is 36.7 Å². The number of carbonyl (C=O) groups excluding carboxylic acids is 4. The first kappa shape index (κ1) is 22.7. The van der Waals surface area contributed by atoms with Crippen LogP contribution in [0.2, 0.25) is 0 Å². The Bertz CT molecular complexity index is 1030. The number of hydrogen-bond acceptors (Lipinski definition) is 6. The van der Waals surface area contributed by atoms with Crippen LogP contribution in [0.1, 0.15) is 36.5 Å². The lowest BCUT2D eigenvalue weighted by molar-refractivity contribution is -0.123. The normalized spacial score (nSPS) is 19.5. The summed E-state index contributed by atoms with van der Waals surface area (Å²) in [6.45, 7) is 3.15. The van der Waals surface area contributed by atoms with Crippen LogP contribution in [-0.2, 0) is 19.1 Å². The molecule has 3 amide bonds. The summed E-state index contributed by atoms with van der Waals surface area (Å²) in [5, 5.41) is 2.94. The van der Waals surface area contributed by atoms with Crippen LogP contribution < -0.4 is 10.2 Å². The molecular weight excluding hydrogens is 422 g/mol. The van der Waals surface area contributed by atoms with Crippen molar-refractivity contribution < 1.29 is 23.9 Å². The predicted molar refractivity (Wildman–Crippen MR) is 123 cm³/mol. The van der Waals surface area contributed by atoms with Crippen LogP contribution >= 0.6 is 0 Å². The number of anilines is 2. The van der Waals surface area contributed by atoms with Crippen molar-refractivity contribution in [2.75, 3.05) is 29.9 Å². The Morgan fingerprint density at radius 1 is 1.00 bits per heavy atom. The molecule has 2 aromatic carbocycles. The molecule has 33 heavy (non-hydrogen) atoms. The summed E-state index contributed by atoms with van der Waals surface area (Å²) in [7, 11) is 0. The molecule has 0 bridgehead atoms. The molecule has 2 aliphatic heterocycles. The first-order chi connectivity index (χ1) is 16.0. The van der Waals surface area contributed by atoms with Crippen molar-refractivity contribution >= 4 is 35.1 Å². The van der Waals surface area contributed by atoms with E-state index in [0.717, 1.165) is 5.69 Å². The molecule has 1 N–H and O–H groups in total. The zero-order valence-corrected chi connectivity index (χ0v) is 18.5. The fraction of sp³-hybridized carbons (Fsp3) is 0.360. The number of benzene rings is 2. The molecule has 1 atom stereocenters. The van der Waals surface area contributed by atoms with Crippen molar-refractivity contribution in [1.82, 2.24) is 4.90 Å². The second kappa shape index (κ2) is 9.95. The maximum atomic E-state index is 13.1. The van der Waals surface area contributed by atoms with Gasteiger partial charge in [-0.3, -0.25) is 19.3 Å². The number of hydrogen-bond donors (Lipinski definition) is 1. The summed E-state index contributed by atoms with van der Waals surface area (Å²) in [5.74, 6) is -1.12. The molecule has 2 fully saturated rings. The van der Waals surface area contributed by atoms with Crippen LogP contribution in [0.4, 0.5) is 11.4 Å². The fourth-order valence-corrected chi connectivity index (χ4v) is 4.37. The molecule has 0 spiro atoms. The minimum Gasteiger partial charge on any atom is -0.462 e. The van der Waals surface area contributed by atoms with Gasteiger partial charge in [0, 0.05) is 11.6 Å². The Hall–Kier alpha value is -3.52.